The zero-order valence-electron chi connectivity index (χ0n) is 36.3. The maximum Gasteiger partial charge on any atom is 0.0546 e. The number of nitrogens with zero attached hydrogens (tertiary/aromatic N) is 2. The number of fused-ring (bicyclic) bond motifs is 4. The molecule has 310 valence electrons. The lowest BCUT2D eigenvalue weighted by molar-refractivity contribution is 1.18. The van der Waals surface area contributed by atoms with Gasteiger partial charge in [0, 0.05) is 33.3 Å². The van der Waals surface area contributed by atoms with E-state index in [1.807, 2.05) is 0 Å². The highest BCUT2D eigenvalue weighted by molar-refractivity contribution is 6.09. The van der Waals surface area contributed by atoms with Crippen LogP contribution in [0.25, 0.3) is 93.9 Å². The fourth-order valence-electron chi connectivity index (χ4n) is 9.75. The Balaban J connectivity index is 1.01. The third-order valence-corrected chi connectivity index (χ3v) is 13.0. The SMILES string of the molecule is c1ccc(-c2cccc(-c3ccc(N(c4ccc(-c5ccccc5-n5c6ccccc6c6ccccc65)cc4)c4cc(-c5ccc6ccccc6c5)ccc4-c4ccccc4)cc3)c2)cc1. The van der Waals surface area contributed by atoms with Crippen LogP contribution in [0.15, 0.2) is 267 Å². The molecule has 66 heavy (non-hydrogen) atoms. The van der Waals surface area contributed by atoms with Crippen LogP contribution in [0.3, 0.4) is 0 Å². The van der Waals surface area contributed by atoms with Crippen molar-refractivity contribution in [3.63, 3.8) is 0 Å². The molecule has 1 aromatic heterocycles. The molecule has 0 N–H and O–H groups in total. The summed E-state index contributed by atoms with van der Waals surface area (Å²) in [5, 5.41) is 4.97. The molecule has 0 amide bonds. The molecule has 11 aromatic carbocycles. The van der Waals surface area contributed by atoms with Crippen LogP contribution in [0.5, 0.6) is 0 Å². The second kappa shape index (κ2) is 16.8. The van der Waals surface area contributed by atoms with Crippen molar-refractivity contribution in [2.45, 2.75) is 0 Å². The van der Waals surface area contributed by atoms with E-state index in [1.165, 1.54) is 66.0 Å². The third-order valence-electron chi connectivity index (χ3n) is 13.0. The smallest absolute Gasteiger partial charge is 0.0546 e. The van der Waals surface area contributed by atoms with Crippen molar-refractivity contribution in [2.75, 3.05) is 4.90 Å². The molecule has 0 saturated heterocycles. The molecule has 0 spiro atoms. The topological polar surface area (TPSA) is 8.17 Å². The molecular weight excluding hydrogens is 797 g/mol. The molecule has 2 nitrogen and oxygen atoms in total. The van der Waals surface area contributed by atoms with E-state index < -0.39 is 0 Å². The first kappa shape index (κ1) is 38.9. The lowest BCUT2D eigenvalue weighted by Gasteiger charge is -2.29. The van der Waals surface area contributed by atoms with Crippen LogP contribution in [0.4, 0.5) is 17.1 Å². The van der Waals surface area contributed by atoms with Gasteiger partial charge in [-0.05, 0) is 116 Å². The number of para-hydroxylation sites is 3. The highest BCUT2D eigenvalue weighted by atomic mass is 15.1. The average Bonchev–Trinajstić information content (AvgIpc) is 3.74. The van der Waals surface area contributed by atoms with Crippen LogP contribution in [-0.4, -0.2) is 4.57 Å². The number of rotatable bonds is 9. The fourth-order valence-corrected chi connectivity index (χ4v) is 9.75. The predicted molar refractivity (Wildman–Crippen MR) is 280 cm³/mol. The highest BCUT2D eigenvalue weighted by Gasteiger charge is 2.21. The van der Waals surface area contributed by atoms with Gasteiger partial charge in [-0.1, -0.05) is 206 Å². The first-order valence-electron chi connectivity index (χ1n) is 22.7. The van der Waals surface area contributed by atoms with Gasteiger partial charge in [0.2, 0.25) is 0 Å². The number of benzene rings is 11. The Bertz CT molecular complexity index is 3630. The predicted octanol–water partition coefficient (Wildman–Crippen LogP) is 17.7. The van der Waals surface area contributed by atoms with Gasteiger partial charge in [-0.25, -0.2) is 0 Å². The zero-order valence-corrected chi connectivity index (χ0v) is 36.3. The van der Waals surface area contributed by atoms with E-state index in [1.54, 1.807) is 0 Å². The lowest BCUT2D eigenvalue weighted by Crippen LogP contribution is -2.11. The van der Waals surface area contributed by atoms with Gasteiger partial charge in [-0.2, -0.15) is 0 Å². The van der Waals surface area contributed by atoms with Gasteiger partial charge < -0.3 is 9.47 Å². The minimum absolute atomic E-state index is 1.07. The lowest BCUT2D eigenvalue weighted by atomic mass is 9.95. The van der Waals surface area contributed by atoms with Gasteiger partial charge in [0.15, 0.2) is 0 Å². The molecule has 0 fully saturated rings. The van der Waals surface area contributed by atoms with Gasteiger partial charge in [0.1, 0.15) is 0 Å². The summed E-state index contributed by atoms with van der Waals surface area (Å²) < 4.78 is 2.42. The van der Waals surface area contributed by atoms with E-state index in [4.69, 9.17) is 0 Å². The van der Waals surface area contributed by atoms with Crippen molar-refractivity contribution in [2.24, 2.45) is 0 Å². The molecule has 0 aliphatic rings. The van der Waals surface area contributed by atoms with Crippen LogP contribution < -0.4 is 4.90 Å². The fraction of sp³-hybridized carbons (Fsp3) is 0. The summed E-state index contributed by atoms with van der Waals surface area (Å²) in [5.41, 5.74) is 18.5. The van der Waals surface area contributed by atoms with Crippen LogP contribution in [0.2, 0.25) is 0 Å². The van der Waals surface area contributed by atoms with Crippen molar-refractivity contribution in [1.29, 1.82) is 0 Å². The standard InChI is InChI=1S/C64H44N2/c1-3-16-45(17-4-1)51-22-15-23-52(42-51)47-32-37-55(38-33-47)65(64-44-54(36-41-58(64)48-19-5-2-6-20-48)53-31-30-46-18-7-8-21-50(46)43-53)56-39-34-49(35-40-56)57-24-9-12-27-61(57)66-62-28-13-10-25-59(62)60-26-11-14-29-63(60)66/h1-44H. The van der Waals surface area contributed by atoms with Gasteiger partial charge in [0.25, 0.3) is 0 Å². The maximum absolute atomic E-state index is 2.43. The van der Waals surface area contributed by atoms with Crippen molar-refractivity contribution in [1.82, 2.24) is 4.57 Å². The van der Waals surface area contributed by atoms with Gasteiger partial charge in [-0.3, -0.25) is 0 Å². The molecule has 0 saturated carbocycles. The molecule has 0 atom stereocenters. The van der Waals surface area contributed by atoms with E-state index in [9.17, 15) is 0 Å². The quantitative estimate of drug-likeness (QED) is 0.141. The first-order valence-corrected chi connectivity index (χ1v) is 22.7. The molecule has 1 heterocycles. The number of aromatic nitrogens is 1. The van der Waals surface area contributed by atoms with Crippen LogP contribution in [-0.2, 0) is 0 Å². The second-order valence-corrected chi connectivity index (χ2v) is 16.9. The molecule has 12 aromatic rings. The van der Waals surface area contributed by atoms with Crippen LogP contribution >= 0.6 is 0 Å². The molecule has 0 bridgehead atoms. The number of hydrogen-bond donors (Lipinski definition) is 0. The van der Waals surface area contributed by atoms with Gasteiger partial charge in [-0.15, -0.1) is 0 Å². The summed E-state index contributed by atoms with van der Waals surface area (Å²) in [6.45, 7) is 0. The molecular formula is C64H44N2. The molecule has 12 rings (SSSR count). The summed E-state index contributed by atoms with van der Waals surface area (Å²) in [4.78, 5) is 2.43. The van der Waals surface area contributed by atoms with E-state index in [0.717, 1.165) is 45.0 Å². The molecule has 0 aliphatic heterocycles. The van der Waals surface area contributed by atoms with Gasteiger partial charge >= 0.3 is 0 Å². The Morgan fingerprint density at radius 1 is 0.258 bits per heavy atom. The summed E-state index contributed by atoms with van der Waals surface area (Å²) in [7, 11) is 0. The monoisotopic (exact) mass is 840 g/mol. The second-order valence-electron chi connectivity index (χ2n) is 16.9. The number of anilines is 3. The average molecular weight is 841 g/mol. The van der Waals surface area contributed by atoms with Crippen molar-refractivity contribution in [3.05, 3.63) is 267 Å². The van der Waals surface area contributed by atoms with Crippen LogP contribution in [0, 0.1) is 0 Å². The summed E-state index contributed by atoms with van der Waals surface area (Å²) >= 11 is 0. The normalized spacial score (nSPS) is 11.3. The Morgan fingerprint density at radius 3 is 1.39 bits per heavy atom. The summed E-state index contributed by atoms with van der Waals surface area (Å²) in [6, 6.07) is 97.0. The molecule has 0 aliphatic carbocycles. The van der Waals surface area contributed by atoms with E-state index >= 15 is 0 Å². The Morgan fingerprint density at radius 2 is 0.712 bits per heavy atom. The van der Waals surface area contributed by atoms with Gasteiger partial charge in [0.05, 0.1) is 22.4 Å². The number of hydrogen-bond acceptors (Lipinski definition) is 1. The minimum Gasteiger partial charge on any atom is -0.310 e. The van der Waals surface area contributed by atoms with Crippen molar-refractivity contribution < 1.29 is 0 Å². The third kappa shape index (κ3) is 7.12. The maximum atomic E-state index is 2.43. The van der Waals surface area contributed by atoms with Crippen molar-refractivity contribution >= 4 is 49.6 Å². The first-order chi connectivity index (χ1) is 32.7. The Labute approximate surface area is 385 Å². The molecule has 0 radical (unpaired) electrons. The van der Waals surface area contributed by atoms with E-state index in [2.05, 4.69) is 276 Å². The summed E-state index contributed by atoms with van der Waals surface area (Å²) in [6.07, 6.45) is 0. The largest absolute Gasteiger partial charge is 0.310 e. The van der Waals surface area contributed by atoms with Crippen molar-refractivity contribution in [3.8, 4) is 61.3 Å². The van der Waals surface area contributed by atoms with E-state index in [0.29, 0.717) is 0 Å². The molecule has 2 heteroatoms. The zero-order chi connectivity index (χ0) is 43.8. The molecule has 0 unspecified atom stereocenters. The highest BCUT2D eigenvalue weighted by Crippen LogP contribution is 2.45. The Kier molecular flexibility index (Phi) is 9.89. The van der Waals surface area contributed by atoms with Crippen LogP contribution in [0.1, 0.15) is 0 Å². The Hall–Kier alpha value is -8.72. The minimum atomic E-state index is 1.07. The van der Waals surface area contributed by atoms with E-state index in [-0.39, 0.29) is 0 Å². The summed E-state index contributed by atoms with van der Waals surface area (Å²) in [5.74, 6) is 0.